The molecule has 2 N–H and O–H groups in total. The summed E-state index contributed by atoms with van der Waals surface area (Å²) in [4.78, 5) is 11.9. The molecule has 5 heteroatoms. The number of nitrogens with one attached hydrogen (secondary N) is 1. The SMILES string of the molecule is CC(Oc1ccc(Cl)cc1)C(=O)NC(C)C(C)CO. The van der Waals surface area contributed by atoms with Gasteiger partial charge in [0, 0.05) is 17.7 Å². The Morgan fingerprint density at radius 1 is 1.32 bits per heavy atom. The van der Waals surface area contributed by atoms with Crippen LogP contribution in [0.1, 0.15) is 20.8 Å². The number of carbonyl (C=O) groups excluding carboxylic acids is 1. The molecule has 1 aromatic carbocycles. The average molecular weight is 286 g/mol. The van der Waals surface area contributed by atoms with Crippen LogP contribution >= 0.6 is 11.6 Å². The highest BCUT2D eigenvalue weighted by molar-refractivity contribution is 6.30. The summed E-state index contributed by atoms with van der Waals surface area (Å²) in [5, 5.41) is 12.5. The van der Waals surface area contributed by atoms with E-state index in [-0.39, 0.29) is 24.5 Å². The van der Waals surface area contributed by atoms with Gasteiger partial charge in [0.25, 0.3) is 5.91 Å². The largest absolute Gasteiger partial charge is 0.481 e. The second kappa shape index (κ2) is 7.36. The Morgan fingerprint density at radius 2 is 1.89 bits per heavy atom. The quantitative estimate of drug-likeness (QED) is 0.843. The van der Waals surface area contributed by atoms with E-state index in [1.807, 2.05) is 13.8 Å². The first-order valence-corrected chi connectivity index (χ1v) is 6.65. The molecule has 0 heterocycles. The van der Waals surface area contributed by atoms with E-state index in [9.17, 15) is 4.79 Å². The van der Waals surface area contributed by atoms with Crippen LogP contribution in [0.4, 0.5) is 0 Å². The van der Waals surface area contributed by atoms with Crippen LogP contribution in [0.3, 0.4) is 0 Å². The molecule has 19 heavy (non-hydrogen) atoms. The van der Waals surface area contributed by atoms with Crippen molar-refractivity contribution in [2.24, 2.45) is 5.92 Å². The molecule has 1 aromatic rings. The molecule has 0 fully saturated rings. The molecule has 3 unspecified atom stereocenters. The lowest BCUT2D eigenvalue weighted by molar-refractivity contribution is -0.128. The second-order valence-corrected chi connectivity index (χ2v) is 5.11. The number of hydrogen-bond acceptors (Lipinski definition) is 3. The lowest BCUT2D eigenvalue weighted by atomic mass is 10.1. The molecule has 0 spiro atoms. The van der Waals surface area contributed by atoms with E-state index in [1.165, 1.54) is 0 Å². The number of amides is 1. The second-order valence-electron chi connectivity index (χ2n) is 4.67. The van der Waals surface area contributed by atoms with Crippen molar-refractivity contribution in [3.8, 4) is 5.75 Å². The van der Waals surface area contributed by atoms with E-state index < -0.39 is 6.10 Å². The summed E-state index contributed by atoms with van der Waals surface area (Å²) in [5.41, 5.74) is 0. The van der Waals surface area contributed by atoms with Crippen LogP contribution in [0.5, 0.6) is 5.75 Å². The van der Waals surface area contributed by atoms with Crippen molar-refractivity contribution in [2.45, 2.75) is 32.9 Å². The van der Waals surface area contributed by atoms with E-state index in [4.69, 9.17) is 21.4 Å². The molecule has 1 amide bonds. The number of ether oxygens (including phenoxy) is 1. The predicted octanol–water partition coefficient (Wildman–Crippen LogP) is 2.24. The van der Waals surface area contributed by atoms with Gasteiger partial charge in [-0.3, -0.25) is 4.79 Å². The molecule has 0 radical (unpaired) electrons. The highest BCUT2D eigenvalue weighted by atomic mass is 35.5. The molecule has 0 saturated heterocycles. The Bertz CT molecular complexity index is 408. The molecule has 0 aliphatic rings. The van der Waals surface area contributed by atoms with Crippen molar-refractivity contribution < 1.29 is 14.6 Å². The van der Waals surface area contributed by atoms with Gasteiger partial charge in [0.05, 0.1) is 0 Å². The van der Waals surface area contributed by atoms with Crippen LogP contribution in [-0.2, 0) is 4.79 Å². The van der Waals surface area contributed by atoms with Gasteiger partial charge in [0.2, 0.25) is 0 Å². The molecule has 106 valence electrons. The fourth-order valence-electron chi connectivity index (χ4n) is 1.41. The minimum Gasteiger partial charge on any atom is -0.481 e. The molecule has 0 aromatic heterocycles. The van der Waals surface area contributed by atoms with Crippen molar-refractivity contribution in [3.63, 3.8) is 0 Å². The third kappa shape index (κ3) is 5.09. The molecule has 0 saturated carbocycles. The first-order valence-electron chi connectivity index (χ1n) is 6.27. The van der Waals surface area contributed by atoms with Gasteiger partial charge in [-0.05, 0) is 44.0 Å². The highest BCUT2D eigenvalue weighted by Crippen LogP contribution is 2.16. The average Bonchev–Trinajstić information content (AvgIpc) is 2.40. The minimum atomic E-state index is -0.602. The van der Waals surface area contributed by atoms with E-state index in [2.05, 4.69) is 5.32 Å². The Kier molecular flexibility index (Phi) is 6.12. The Morgan fingerprint density at radius 3 is 2.42 bits per heavy atom. The standard InChI is InChI=1S/C14H20ClNO3/c1-9(8-17)10(2)16-14(18)11(3)19-13-6-4-12(15)5-7-13/h4-7,9-11,17H,8H2,1-3H3,(H,16,18). The van der Waals surface area contributed by atoms with Gasteiger partial charge >= 0.3 is 0 Å². The maximum Gasteiger partial charge on any atom is 0.260 e. The number of aliphatic hydroxyl groups excluding tert-OH is 1. The molecular weight excluding hydrogens is 266 g/mol. The van der Waals surface area contributed by atoms with Crippen LogP contribution in [0.2, 0.25) is 5.02 Å². The summed E-state index contributed by atoms with van der Waals surface area (Å²) >= 11 is 5.77. The zero-order chi connectivity index (χ0) is 14.4. The van der Waals surface area contributed by atoms with Gasteiger partial charge in [-0.2, -0.15) is 0 Å². The van der Waals surface area contributed by atoms with Crippen LogP contribution in [0.15, 0.2) is 24.3 Å². The third-order valence-corrected chi connectivity index (χ3v) is 3.26. The normalized spacial score (nSPS) is 15.4. The Hall–Kier alpha value is -1.26. The van der Waals surface area contributed by atoms with Gasteiger partial charge in [0.15, 0.2) is 6.10 Å². The monoisotopic (exact) mass is 285 g/mol. The first-order chi connectivity index (χ1) is 8.93. The number of halogens is 1. The van der Waals surface area contributed by atoms with E-state index in [0.29, 0.717) is 10.8 Å². The fourth-order valence-corrected chi connectivity index (χ4v) is 1.54. The summed E-state index contributed by atoms with van der Waals surface area (Å²) < 4.78 is 5.51. The zero-order valence-electron chi connectivity index (χ0n) is 11.4. The lowest BCUT2D eigenvalue weighted by Gasteiger charge is -2.22. The fraction of sp³-hybridized carbons (Fsp3) is 0.500. The molecule has 0 aliphatic carbocycles. The summed E-state index contributed by atoms with van der Waals surface area (Å²) in [6.07, 6.45) is -0.602. The predicted molar refractivity (Wildman–Crippen MR) is 75.4 cm³/mol. The van der Waals surface area contributed by atoms with Gasteiger partial charge in [-0.1, -0.05) is 18.5 Å². The van der Waals surface area contributed by atoms with E-state index in [0.717, 1.165) is 0 Å². The smallest absolute Gasteiger partial charge is 0.260 e. The molecule has 0 bridgehead atoms. The first kappa shape index (κ1) is 15.8. The number of hydrogen-bond donors (Lipinski definition) is 2. The zero-order valence-corrected chi connectivity index (χ0v) is 12.1. The number of aliphatic hydroxyl groups is 1. The summed E-state index contributed by atoms with van der Waals surface area (Å²) in [6, 6.07) is 6.74. The van der Waals surface area contributed by atoms with Crippen LogP contribution in [0, 0.1) is 5.92 Å². The van der Waals surface area contributed by atoms with Crippen LogP contribution in [0.25, 0.3) is 0 Å². The molecular formula is C14H20ClNO3. The lowest BCUT2D eigenvalue weighted by Crippen LogP contribution is -2.44. The van der Waals surface area contributed by atoms with Crippen molar-refractivity contribution in [2.75, 3.05) is 6.61 Å². The van der Waals surface area contributed by atoms with Gasteiger partial charge in [-0.25, -0.2) is 0 Å². The van der Waals surface area contributed by atoms with Gasteiger partial charge < -0.3 is 15.2 Å². The van der Waals surface area contributed by atoms with Crippen molar-refractivity contribution in [3.05, 3.63) is 29.3 Å². The number of rotatable bonds is 6. The summed E-state index contributed by atoms with van der Waals surface area (Å²) in [7, 11) is 0. The maximum absolute atomic E-state index is 11.9. The van der Waals surface area contributed by atoms with Crippen LogP contribution in [-0.4, -0.2) is 29.8 Å². The maximum atomic E-state index is 11.9. The molecule has 4 nitrogen and oxygen atoms in total. The number of carbonyl (C=O) groups is 1. The Labute approximate surface area is 118 Å². The van der Waals surface area contributed by atoms with Crippen molar-refractivity contribution in [1.82, 2.24) is 5.32 Å². The highest BCUT2D eigenvalue weighted by Gasteiger charge is 2.19. The summed E-state index contributed by atoms with van der Waals surface area (Å²) in [5.74, 6) is 0.393. The number of benzene rings is 1. The topological polar surface area (TPSA) is 58.6 Å². The molecule has 3 atom stereocenters. The van der Waals surface area contributed by atoms with E-state index in [1.54, 1.807) is 31.2 Å². The Balaban J connectivity index is 2.51. The molecule has 0 aliphatic heterocycles. The van der Waals surface area contributed by atoms with Gasteiger partial charge in [0.1, 0.15) is 5.75 Å². The van der Waals surface area contributed by atoms with Crippen molar-refractivity contribution >= 4 is 17.5 Å². The van der Waals surface area contributed by atoms with Crippen molar-refractivity contribution in [1.29, 1.82) is 0 Å². The summed E-state index contributed by atoms with van der Waals surface area (Å²) in [6.45, 7) is 5.44. The third-order valence-electron chi connectivity index (χ3n) is 3.01. The minimum absolute atomic E-state index is 0.00619. The molecule has 1 rings (SSSR count). The van der Waals surface area contributed by atoms with Crippen LogP contribution < -0.4 is 10.1 Å². The van der Waals surface area contributed by atoms with E-state index >= 15 is 0 Å². The van der Waals surface area contributed by atoms with Gasteiger partial charge in [-0.15, -0.1) is 0 Å².